The van der Waals surface area contributed by atoms with E-state index in [9.17, 15) is 0 Å². The van der Waals surface area contributed by atoms with Gasteiger partial charge >= 0.3 is 0 Å². The van der Waals surface area contributed by atoms with Crippen LogP contribution < -0.4 is 4.52 Å². The molecule has 0 aliphatic carbocycles. The van der Waals surface area contributed by atoms with Gasteiger partial charge in [0, 0.05) is 4.47 Å². The van der Waals surface area contributed by atoms with Crippen molar-refractivity contribution in [1.82, 2.24) is 0 Å². The summed E-state index contributed by atoms with van der Waals surface area (Å²) in [5.74, 6) is 0.776. The van der Waals surface area contributed by atoms with Crippen LogP contribution in [-0.4, -0.2) is 0 Å². The number of hydrogen-bond acceptors (Lipinski definition) is 1. The van der Waals surface area contributed by atoms with Crippen LogP contribution in [-0.2, 0) is 0 Å². The molecule has 11 heavy (non-hydrogen) atoms. The zero-order chi connectivity index (χ0) is 8.43. The highest BCUT2D eigenvalue weighted by molar-refractivity contribution is 9.11. The first-order valence-electron chi connectivity index (χ1n) is 2.66. The van der Waals surface area contributed by atoms with Gasteiger partial charge in [-0.2, -0.15) is 0 Å². The van der Waals surface area contributed by atoms with Gasteiger partial charge in [0.1, 0.15) is 0 Å². The summed E-state index contributed by atoms with van der Waals surface area (Å²) < 4.78 is 7.86. The molecule has 1 rings (SSSR count). The molecule has 1 nitrogen and oxygen atoms in total. The fraction of sp³-hybridized carbons (Fsp3) is 0. The van der Waals surface area contributed by atoms with Crippen molar-refractivity contribution in [3.05, 3.63) is 25.6 Å². The average molecular weight is 363 g/mol. The highest BCUT2D eigenvalue weighted by Crippen LogP contribution is 2.37. The Morgan fingerprint density at radius 2 is 1.55 bits per heavy atom. The molecule has 0 saturated heterocycles. The van der Waals surface area contributed by atoms with Crippen molar-refractivity contribution in [2.45, 2.75) is 0 Å². The van der Waals surface area contributed by atoms with Crippen molar-refractivity contribution in [1.29, 1.82) is 0 Å². The maximum absolute atomic E-state index is 5.03. The molecule has 0 spiro atoms. The van der Waals surface area contributed by atoms with Crippen molar-refractivity contribution >= 4 is 57.3 Å². The Labute approximate surface area is 92.6 Å². The lowest BCUT2D eigenvalue weighted by Crippen LogP contribution is -1.79. The Balaban J connectivity index is 3.25. The Kier molecular flexibility index (Phi) is 3.83. The topological polar surface area (TPSA) is 9.23 Å². The molecule has 1 aromatic carbocycles. The molecule has 60 valence electrons. The van der Waals surface area contributed by atoms with E-state index in [1.54, 1.807) is 0 Å². The Morgan fingerprint density at radius 3 is 1.91 bits per heavy atom. The minimum absolute atomic E-state index is 0.776. The third kappa shape index (κ3) is 2.41. The van der Waals surface area contributed by atoms with Crippen molar-refractivity contribution in [3.63, 3.8) is 0 Å². The van der Waals surface area contributed by atoms with Crippen LogP contribution in [0.25, 0.3) is 0 Å². The van der Waals surface area contributed by atoms with E-state index < -0.39 is 0 Å². The summed E-state index contributed by atoms with van der Waals surface area (Å²) in [5, 5.41) is 0. The maximum Gasteiger partial charge on any atom is 0.150 e. The highest BCUT2D eigenvalue weighted by atomic mass is 79.9. The molecule has 0 fully saturated rings. The van der Waals surface area contributed by atoms with Gasteiger partial charge in [0.05, 0.1) is 18.4 Å². The van der Waals surface area contributed by atoms with Gasteiger partial charge in [0.2, 0.25) is 0 Å². The number of hydrogen-bond donors (Lipinski definition) is 0. The monoisotopic (exact) mass is 360 g/mol. The van der Waals surface area contributed by atoms with Gasteiger partial charge in [-0.1, -0.05) is 15.9 Å². The number of halogens is 3. The number of rotatable bonds is 1. The number of benzene rings is 1. The zero-order valence-electron chi connectivity index (χ0n) is 5.27. The van der Waals surface area contributed by atoms with E-state index in [0.717, 1.165) is 19.2 Å². The van der Waals surface area contributed by atoms with E-state index >= 15 is 0 Å². The molecule has 0 bridgehead atoms. The second-order valence-corrected chi connectivity index (χ2v) is 4.68. The van der Waals surface area contributed by atoms with E-state index in [1.165, 1.54) is 0 Å². The lowest BCUT2D eigenvalue weighted by Gasteiger charge is -2.05. The summed E-state index contributed by atoms with van der Waals surface area (Å²) >= 11 is 10.1. The van der Waals surface area contributed by atoms with Gasteiger partial charge in [0.25, 0.3) is 0 Å². The standard InChI is InChI=1S/C6H4Br3OP/c7-3-1-4(8)6(10-11)5(9)2-3/h1-2H,11H2. The molecule has 0 aliphatic heterocycles. The molecule has 0 saturated carbocycles. The fourth-order valence-electron chi connectivity index (χ4n) is 0.642. The third-order valence-electron chi connectivity index (χ3n) is 1.08. The average Bonchev–Trinajstić information content (AvgIpc) is 1.85. The quantitative estimate of drug-likeness (QED) is 0.682. The van der Waals surface area contributed by atoms with Crippen LogP contribution >= 0.6 is 57.3 Å². The van der Waals surface area contributed by atoms with Crippen LogP contribution in [0.5, 0.6) is 5.75 Å². The molecule has 0 heterocycles. The van der Waals surface area contributed by atoms with Crippen LogP contribution in [0.1, 0.15) is 0 Å². The first kappa shape index (κ1) is 9.97. The van der Waals surface area contributed by atoms with Gasteiger partial charge in [-0.3, -0.25) is 0 Å². The van der Waals surface area contributed by atoms with Crippen molar-refractivity contribution in [3.8, 4) is 5.75 Å². The molecule has 1 atom stereocenters. The highest BCUT2D eigenvalue weighted by Gasteiger charge is 2.05. The summed E-state index contributed by atoms with van der Waals surface area (Å²) in [5.41, 5.74) is 0. The van der Waals surface area contributed by atoms with Crippen LogP contribution in [0, 0.1) is 0 Å². The van der Waals surface area contributed by atoms with Gasteiger partial charge < -0.3 is 4.52 Å². The maximum atomic E-state index is 5.03. The van der Waals surface area contributed by atoms with Crippen molar-refractivity contribution < 1.29 is 4.52 Å². The van der Waals surface area contributed by atoms with Crippen LogP contribution in [0.3, 0.4) is 0 Å². The van der Waals surface area contributed by atoms with Crippen molar-refractivity contribution in [2.24, 2.45) is 0 Å². The molecule has 0 N–H and O–H groups in total. The minimum Gasteiger partial charge on any atom is -0.478 e. The van der Waals surface area contributed by atoms with E-state index in [0.29, 0.717) is 0 Å². The van der Waals surface area contributed by atoms with Gasteiger partial charge in [0.15, 0.2) is 5.75 Å². The van der Waals surface area contributed by atoms with Crippen LogP contribution in [0.15, 0.2) is 25.6 Å². The minimum atomic E-state index is 0.776. The van der Waals surface area contributed by atoms with Crippen LogP contribution in [0.4, 0.5) is 0 Å². The normalized spacial score (nSPS) is 9.82. The Bertz CT molecular complexity index is 254. The van der Waals surface area contributed by atoms with Gasteiger partial charge in [-0.05, 0) is 44.0 Å². The second-order valence-electron chi connectivity index (χ2n) is 1.82. The predicted octanol–water partition coefficient (Wildman–Crippen LogP) is 4.14. The summed E-state index contributed by atoms with van der Waals surface area (Å²) in [7, 11) is 2.20. The van der Waals surface area contributed by atoms with Gasteiger partial charge in [-0.25, -0.2) is 0 Å². The summed E-state index contributed by atoms with van der Waals surface area (Å²) in [6, 6.07) is 3.84. The molecular weight excluding hydrogens is 359 g/mol. The summed E-state index contributed by atoms with van der Waals surface area (Å²) in [4.78, 5) is 0. The Morgan fingerprint density at radius 1 is 1.09 bits per heavy atom. The van der Waals surface area contributed by atoms with Crippen LogP contribution in [0.2, 0.25) is 0 Å². The zero-order valence-corrected chi connectivity index (χ0v) is 11.2. The smallest absolute Gasteiger partial charge is 0.150 e. The van der Waals surface area contributed by atoms with E-state index in [4.69, 9.17) is 4.52 Å². The molecule has 1 aromatic rings. The summed E-state index contributed by atoms with van der Waals surface area (Å²) in [6.45, 7) is 0. The van der Waals surface area contributed by atoms with Gasteiger partial charge in [-0.15, -0.1) is 0 Å². The van der Waals surface area contributed by atoms with E-state index in [1.807, 2.05) is 12.1 Å². The fourth-order valence-corrected chi connectivity index (χ4v) is 3.69. The molecular formula is C6H4Br3OP. The largest absolute Gasteiger partial charge is 0.478 e. The molecule has 0 aromatic heterocycles. The first-order chi connectivity index (χ1) is 5.15. The molecule has 0 radical (unpaired) electrons. The third-order valence-corrected chi connectivity index (χ3v) is 2.95. The molecule has 0 aliphatic rings. The van der Waals surface area contributed by atoms with E-state index in [2.05, 4.69) is 57.3 Å². The molecule has 1 unspecified atom stereocenters. The Hall–Kier alpha value is 0.890. The van der Waals surface area contributed by atoms with Crippen molar-refractivity contribution in [2.75, 3.05) is 0 Å². The predicted molar refractivity (Wildman–Crippen MR) is 59.9 cm³/mol. The lowest BCUT2D eigenvalue weighted by atomic mass is 10.3. The molecule has 5 heteroatoms. The second kappa shape index (κ2) is 4.22. The summed E-state index contributed by atoms with van der Waals surface area (Å²) in [6.07, 6.45) is 0. The first-order valence-corrected chi connectivity index (χ1v) is 5.51. The molecule has 0 amide bonds. The van der Waals surface area contributed by atoms with E-state index in [-0.39, 0.29) is 0 Å². The SMILES string of the molecule is POc1c(Br)cc(Br)cc1Br. The lowest BCUT2D eigenvalue weighted by molar-refractivity contribution is 0.637.